The van der Waals surface area contributed by atoms with E-state index in [9.17, 15) is 29.0 Å². The molecule has 1 aromatic carbocycles. The molecule has 0 aliphatic rings. The zero-order valence-corrected chi connectivity index (χ0v) is 12.1. The molecule has 0 saturated carbocycles. The van der Waals surface area contributed by atoms with Gasteiger partial charge < -0.3 is 14.8 Å². The predicted octanol–water partition coefficient (Wildman–Crippen LogP) is 1.13. The minimum atomic E-state index is -2.11. The van der Waals surface area contributed by atoms with E-state index in [2.05, 4.69) is 0 Å². The Morgan fingerprint density at radius 1 is 1.29 bits per heavy atom. The van der Waals surface area contributed by atoms with E-state index in [4.69, 9.17) is 4.65 Å². The van der Waals surface area contributed by atoms with Crippen molar-refractivity contribution in [1.82, 2.24) is 0 Å². The van der Waals surface area contributed by atoms with Crippen LogP contribution in [0.2, 0.25) is 0 Å². The molecular formula is C12H16BF2NO5. The molecule has 0 saturated heterocycles. The molecule has 0 radical (unpaired) electrons. The Morgan fingerprint density at radius 3 is 2.24 bits per heavy atom. The first kappa shape index (κ1) is 17.5. The summed E-state index contributed by atoms with van der Waals surface area (Å²) in [7, 11) is -2.11. The van der Waals surface area contributed by atoms with Crippen LogP contribution in [0.15, 0.2) is 12.1 Å². The van der Waals surface area contributed by atoms with Crippen LogP contribution in [-0.4, -0.2) is 33.4 Å². The van der Waals surface area contributed by atoms with Crippen molar-refractivity contribution in [3.05, 3.63) is 33.9 Å². The molecule has 0 atom stereocenters. The monoisotopic (exact) mass is 303 g/mol. The minimum Gasteiger partial charge on any atom is -0.423 e. The Morgan fingerprint density at radius 2 is 1.81 bits per heavy atom. The van der Waals surface area contributed by atoms with Crippen molar-refractivity contribution in [3.8, 4) is 0 Å². The van der Waals surface area contributed by atoms with Crippen LogP contribution in [0.5, 0.6) is 0 Å². The van der Waals surface area contributed by atoms with Gasteiger partial charge >= 0.3 is 12.8 Å². The van der Waals surface area contributed by atoms with Crippen LogP contribution in [0.4, 0.5) is 14.5 Å². The smallest absolute Gasteiger partial charge is 0.423 e. The number of nitro benzene ring substituents is 1. The normalized spacial score (nSPS) is 12.4. The Balaban J connectivity index is 3.22. The van der Waals surface area contributed by atoms with Gasteiger partial charge in [-0.1, -0.05) is 0 Å². The Hall–Kier alpha value is -1.58. The van der Waals surface area contributed by atoms with E-state index in [1.54, 1.807) is 0 Å². The highest BCUT2D eigenvalue weighted by atomic mass is 19.1. The summed E-state index contributed by atoms with van der Waals surface area (Å²) in [6, 6.07) is 1.32. The summed E-state index contributed by atoms with van der Waals surface area (Å²) in [6.07, 6.45) is 0. The molecule has 0 fully saturated rings. The van der Waals surface area contributed by atoms with E-state index < -0.39 is 46.0 Å². The molecule has 0 aliphatic heterocycles. The fourth-order valence-corrected chi connectivity index (χ4v) is 1.41. The van der Waals surface area contributed by atoms with Crippen LogP contribution < -0.4 is 5.46 Å². The molecule has 1 rings (SSSR count). The van der Waals surface area contributed by atoms with E-state index >= 15 is 0 Å². The van der Waals surface area contributed by atoms with Gasteiger partial charge in [0.15, 0.2) is 0 Å². The average Bonchev–Trinajstić information content (AvgIpc) is 2.25. The van der Waals surface area contributed by atoms with Crippen molar-refractivity contribution in [1.29, 1.82) is 0 Å². The van der Waals surface area contributed by atoms with E-state index in [1.165, 1.54) is 27.7 Å². The van der Waals surface area contributed by atoms with Gasteiger partial charge in [-0.05, 0) is 33.8 Å². The third kappa shape index (κ3) is 3.55. The van der Waals surface area contributed by atoms with E-state index in [0.29, 0.717) is 12.1 Å². The fourth-order valence-electron chi connectivity index (χ4n) is 1.41. The molecule has 21 heavy (non-hydrogen) atoms. The van der Waals surface area contributed by atoms with Gasteiger partial charge in [-0.25, -0.2) is 4.39 Å². The lowest BCUT2D eigenvalue weighted by Gasteiger charge is -2.38. The molecule has 0 unspecified atom stereocenters. The molecular weight excluding hydrogens is 287 g/mol. The molecule has 0 aromatic heterocycles. The second-order valence-electron chi connectivity index (χ2n) is 5.59. The number of hydrogen-bond donors (Lipinski definition) is 2. The number of rotatable bonds is 5. The summed E-state index contributed by atoms with van der Waals surface area (Å²) in [4.78, 5) is 9.60. The maximum Gasteiger partial charge on any atom is 0.497 e. The van der Waals surface area contributed by atoms with E-state index in [0.717, 1.165) is 0 Å². The SMILES string of the molecule is CC(C)(O)C(C)(C)OB(O)c1c(F)ccc([N+](=O)[O-])c1F. The van der Waals surface area contributed by atoms with E-state index in [1.807, 2.05) is 0 Å². The summed E-state index contributed by atoms with van der Waals surface area (Å²) in [5.41, 5.74) is -4.74. The number of benzene rings is 1. The molecule has 9 heteroatoms. The second-order valence-corrected chi connectivity index (χ2v) is 5.59. The largest absolute Gasteiger partial charge is 0.497 e. The molecule has 1 aromatic rings. The van der Waals surface area contributed by atoms with Crippen molar-refractivity contribution in [2.75, 3.05) is 0 Å². The quantitative estimate of drug-likeness (QED) is 0.483. The second kappa shape index (κ2) is 5.66. The van der Waals surface area contributed by atoms with Gasteiger partial charge in [0.05, 0.1) is 21.6 Å². The molecule has 116 valence electrons. The lowest BCUT2D eigenvalue weighted by Crippen LogP contribution is -2.54. The number of aliphatic hydroxyl groups is 1. The molecule has 0 aliphatic carbocycles. The molecule has 0 amide bonds. The van der Waals surface area contributed by atoms with Gasteiger partial charge in [0.1, 0.15) is 5.82 Å². The number of hydrogen-bond acceptors (Lipinski definition) is 5. The van der Waals surface area contributed by atoms with Crippen molar-refractivity contribution in [3.63, 3.8) is 0 Å². The molecule has 6 nitrogen and oxygen atoms in total. The van der Waals surface area contributed by atoms with Crippen LogP contribution in [-0.2, 0) is 4.65 Å². The number of halogens is 2. The third-order valence-electron chi connectivity index (χ3n) is 3.43. The minimum absolute atomic E-state index is 0.655. The van der Waals surface area contributed by atoms with Gasteiger partial charge in [0, 0.05) is 6.07 Å². The van der Waals surface area contributed by atoms with Crippen LogP contribution in [0.1, 0.15) is 27.7 Å². The summed E-state index contributed by atoms with van der Waals surface area (Å²) in [5.74, 6) is -2.70. The maximum absolute atomic E-state index is 13.9. The lowest BCUT2D eigenvalue weighted by molar-refractivity contribution is -0.387. The maximum atomic E-state index is 13.9. The van der Waals surface area contributed by atoms with Crippen LogP contribution in [0.25, 0.3) is 0 Å². The Kier molecular flexibility index (Phi) is 4.71. The standard InChI is InChI=1S/C12H16BF2NO5/c1-11(2,17)12(3,4)21-13(18)9-7(14)5-6-8(10(9)15)16(19)20/h5-6,17-18H,1-4H3. The Labute approximate surface area is 120 Å². The zero-order chi connectivity index (χ0) is 16.6. The highest BCUT2D eigenvalue weighted by Crippen LogP contribution is 2.26. The van der Waals surface area contributed by atoms with Gasteiger partial charge in [-0.3, -0.25) is 10.1 Å². The Bertz CT molecular complexity index is 559. The van der Waals surface area contributed by atoms with Gasteiger partial charge in [0.25, 0.3) is 0 Å². The molecule has 0 spiro atoms. The van der Waals surface area contributed by atoms with Gasteiger partial charge in [0.2, 0.25) is 5.82 Å². The third-order valence-corrected chi connectivity index (χ3v) is 3.43. The van der Waals surface area contributed by atoms with Crippen LogP contribution in [0.3, 0.4) is 0 Å². The average molecular weight is 303 g/mol. The molecule has 2 N–H and O–H groups in total. The van der Waals surface area contributed by atoms with E-state index in [-0.39, 0.29) is 0 Å². The highest BCUT2D eigenvalue weighted by Gasteiger charge is 2.42. The number of nitrogens with zero attached hydrogens (tertiary/aromatic N) is 1. The van der Waals surface area contributed by atoms with Crippen molar-refractivity contribution in [2.24, 2.45) is 0 Å². The lowest BCUT2D eigenvalue weighted by atomic mass is 9.75. The summed E-state index contributed by atoms with van der Waals surface area (Å²) in [5, 5.41) is 30.4. The van der Waals surface area contributed by atoms with Gasteiger partial charge in [-0.2, -0.15) is 4.39 Å². The van der Waals surface area contributed by atoms with Crippen molar-refractivity contribution >= 4 is 18.3 Å². The van der Waals surface area contributed by atoms with Gasteiger partial charge in [-0.15, -0.1) is 0 Å². The predicted molar refractivity (Wildman–Crippen MR) is 72.1 cm³/mol. The zero-order valence-electron chi connectivity index (χ0n) is 12.1. The van der Waals surface area contributed by atoms with Crippen LogP contribution >= 0.6 is 0 Å². The summed E-state index contributed by atoms with van der Waals surface area (Å²) >= 11 is 0. The first-order valence-electron chi connectivity index (χ1n) is 6.09. The summed E-state index contributed by atoms with van der Waals surface area (Å²) < 4.78 is 32.7. The number of nitro groups is 1. The highest BCUT2D eigenvalue weighted by molar-refractivity contribution is 6.60. The first-order chi connectivity index (χ1) is 9.38. The topological polar surface area (TPSA) is 92.8 Å². The fraction of sp³-hybridized carbons (Fsp3) is 0.500. The van der Waals surface area contributed by atoms with Crippen molar-refractivity contribution < 1.29 is 28.5 Å². The van der Waals surface area contributed by atoms with Crippen molar-refractivity contribution in [2.45, 2.75) is 38.9 Å². The first-order valence-corrected chi connectivity index (χ1v) is 6.09. The van der Waals surface area contributed by atoms with Crippen LogP contribution in [0, 0.1) is 21.7 Å². The molecule has 0 bridgehead atoms. The molecule has 0 heterocycles. The summed E-state index contributed by atoms with van der Waals surface area (Å²) in [6.45, 7) is 5.59.